The molecule has 1 rings (SSSR count). The summed E-state index contributed by atoms with van der Waals surface area (Å²) in [5.41, 5.74) is 0. The maximum Gasteiger partial charge on any atom is -0.0208 e. The molecule has 0 aromatic heterocycles. The van der Waals surface area contributed by atoms with Crippen molar-refractivity contribution in [2.45, 2.75) is 26.7 Å². The zero-order valence-corrected chi connectivity index (χ0v) is 6.43. The van der Waals surface area contributed by atoms with Gasteiger partial charge >= 0.3 is 0 Å². The molecule has 0 heterocycles. The molecule has 1 saturated carbocycles. The molecule has 0 amide bonds. The van der Waals surface area contributed by atoms with Gasteiger partial charge in [0.1, 0.15) is 0 Å². The third-order valence-corrected chi connectivity index (χ3v) is 2.50. The smallest absolute Gasteiger partial charge is 0.0208 e. The van der Waals surface area contributed by atoms with E-state index in [-0.39, 0.29) is 0 Å². The van der Waals surface area contributed by atoms with Crippen molar-refractivity contribution in [3.8, 4) is 0 Å². The molecule has 0 aliphatic heterocycles. The van der Waals surface area contributed by atoms with Gasteiger partial charge in [0.05, 0.1) is 0 Å². The van der Waals surface area contributed by atoms with Gasteiger partial charge in [-0.1, -0.05) is 19.9 Å². The van der Waals surface area contributed by atoms with Crippen LogP contribution in [0.15, 0.2) is 12.7 Å². The van der Waals surface area contributed by atoms with Crippen molar-refractivity contribution in [1.82, 2.24) is 0 Å². The van der Waals surface area contributed by atoms with Crippen molar-refractivity contribution >= 4 is 0 Å². The molecule has 0 N–H and O–H groups in total. The fourth-order valence-electron chi connectivity index (χ4n) is 1.59. The van der Waals surface area contributed by atoms with Crippen LogP contribution in [0.3, 0.4) is 0 Å². The monoisotopic (exact) mass is 124 g/mol. The number of allylic oxidation sites excluding steroid dienone is 1. The Labute approximate surface area is 58.0 Å². The Morgan fingerprint density at radius 3 is 2.44 bits per heavy atom. The summed E-state index contributed by atoms with van der Waals surface area (Å²) < 4.78 is 0. The van der Waals surface area contributed by atoms with Gasteiger partial charge in [-0.05, 0) is 30.6 Å². The first kappa shape index (κ1) is 6.85. The molecule has 1 fully saturated rings. The van der Waals surface area contributed by atoms with E-state index in [4.69, 9.17) is 0 Å². The second-order valence-electron chi connectivity index (χ2n) is 3.18. The Balaban J connectivity index is 2.31. The number of hydrogen-bond acceptors (Lipinski definition) is 0. The minimum Gasteiger partial charge on any atom is -0.103 e. The highest BCUT2D eigenvalue weighted by molar-refractivity contribution is 4.95. The van der Waals surface area contributed by atoms with Crippen LogP contribution >= 0.6 is 0 Å². The largest absolute Gasteiger partial charge is 0.103 e. The van der Waals surface area contributed by atoms with E-state index in [1.54, 1.807) is 0 Å². The van der Waals surface area contributed by atoms with E-state index in [0.29, 0.717) is 0 Å². The second kappa shape index (κ2) is 2.55. The first-order valence-corrected chi connectivity index (χ1v) is 3.92. The summed E-state index contributed by atoms with van der Waals surface area (Å²) in [6.45, 7) is 8.41. The van der Waals surface area contributed by atoms with Gasteiger partial charge < -0.3 is 0 Å². The summed E-state index contributed by atoms with van der Waals surface area (Å²) in [6.07, 6.45) is 4.83. The first-order valence-electron chi connectivity index (χ1n) is 3.92. The highest BCUT2D eigenvalue weighted by atomic mass is 14.4. The average Bonchev–Trinajstić information content (AvgIpc) is 2.51. The van der Waals surface area contributed by atoms with Gasteiger partial charge in [-0.15, -0.1) is 6.58 Å². The van der Waals surface area contributed by atoms with Crippen LogP contribution in [0.2, 0.25) is 0 Å². The summed E-state index contributed by atoms with van der Waals surface area (Å²) in [5.74, 6) is 2.76. The maximum absolute atomic E-state index is 3.83. The van der Waals surface area contributed by atoms with Gasteiger partial charge in [0.15, 0.2) is 0 Å². The normalized spacial score (nSPS) is 35.8. The van der Waals surface area contributed by atoms with Crippen molar-refractivity contribution in [2.24, 2.45) is 17.8 Å². The predicted molar refractivity (Wildman–Crippen MR) is 41.2 cm³/mol. The molecule has 1 aliphatic rings. The summed E-state index contributed by atoms with van der Waals surface area (Å²) in [6, 6.07) is 0. The second-order valence-corrected chi connectivity index (χ2v) is 3.18. The van der Waals surface area contributed by atoms with Crippen LogP contribution in [0.5, 0.6) is 0 Å². The highest BCUT2D eigenvalue weighted by Gasteiger charge is 2.36. The maximum atomic E-state index is 3.83. The van der Waals surface area contributed by atoms with E-state index in [1.807, 2.05) is 0 Å². The Bertz CT molecular complexity index is 105. The topological polar surface area (TPSA) is 0 Å². The van der Waals surface area contributed by atoms with Gasteiger partial charge in [-0.3, -0.25) is 0 Å². The van der Waals surface area contributed by atoms with Crippen molar-refractivity contribution in [1.29, 1.82) is 0 Å². The fourth-order valence-corrected chi connectivity index (χ4v) is 1.59. The van der Waals surface area contributed by atoms with Gasteiger partial charge in [0.2, 0.25) is 0 Å². The highest BCUT2D eigenvalue weighted by Crippen LogP contribution is 2.45. The molecule has 0 aromatic rings. The lowest BCUT2D eigenvalue weighted by atomic mass is 10.00. The van der Waals surface area contributed by atoms with Crippen LogP contribution in [0.1, 0.15) is 26.7 Å². The third kappa shape index (κ3) is 1.35. The lowest BCUT2D eigenvalue weighted by Crippen LogP contribution is -1.96. The quantitative estimate of drug-likeness (QED) is 0.507. The molecule has 0 bridgehead atoms. The molecule has 0 radical (unpaired) electrons. The summed E-state index contributed by atoms with van der Waals surface area (Å²) in [5, 5.41) is 0. The minimum absolute atomic E-state index is 0.806. The number of hydrogen-bond donors (Lipinski definition) is 0. The summed E-state index contributed by atoms with van der Waals surface area (Å²) >= 11 is 0. The van der Waals surface area contributed by atoms with Crippen LogP contribution < -0.4 is 0 Å². The van der Waals surface area contributed by atoms with Crippen molar-refractivity contribution in [2.75, 3.05) is 0 Å². The Morgan fingerprint density at radius 1 is 1.78 bits per heavy atom. The van der Waals surface area contributed by atoms with E-state index in [0.717, 1.165) is 17.8 Å². The molecule has 0 nitrogen and oxygen atoms in total. The zero-order valence-electron chi connectivity index (χ0n) is 6.43. The molecule has 3 atom stereocenters. The average molecular weight is 124 g/mol. The lowest BCUT2D eigenvalue weighted by Gasteiger charge is -2.05. The molecule has 0 saturated heterocycles. The third-order valence-electron chi connectivity index (χ3n) is 2.50. The molecule has 0 spiro atoms. The molecule has 0 aromatic carbocycles. The van der Waals surface area contributed by atoms with Crippen molar-refractivity contribution < 1.29 is 0 Å². The molecule has 1 aliphatic carbocycles. The van der Waals surface area contributed by atoms with E-state index in [9.17, 15) is 0 Å². The van der Waals surface area contributed by atoms with Crippen LogP contribution in [0, 0.1) is 17.8 Å². The van der Waals surface area contributed by atoms with Crippen LogP contribution in [-0.2, 0) is 0 Å². The van der Waals surface area contributed by atoms with Gasteiger partial charge in [0.25, 0.3) is 0 Å². The molecule has 0 heteroatoms. The standard InChI is InChI=1S/C9H16/c1-4-8(5-2)9-6-7(9)3/h4,7-9H,1,5-6H2,2-3H3. The van der Waals surface area contributed by atoms with Crippen LogP contribution in [0.4, 0.5) is 0 Å². The molecule has 52 valence electrons. The molecule has 3 unspecified atom stereocenters. The summed E-state index contributed by atoms with van der Waals surface area (Å²) in [4.78, 5) is 0. The number of rotatable bonds is 3. The van der Waals surface area contributed by atoms with Gasteiger partial charge in [-0.2, -0.15) is 0 Å². The SMILES string of the molecule is C=CC(CC)C1CC1C. The predicted octanol–water partition coefficient (Wildman–Crippen LogP) is 2.85. The minimum atomic E-state index is 0.806. The molecular weight excluding hydrogens is 108 g/mol. The van der Waals surface area contributed by atoms with Crippen molar-refractivity contribution in [3.63, 3.8) is 0 Å². The van der Waals surface area contributed by atoms with Gasteiger partial charge in [-0.25, -0.2) is 0 Å². The molecule has 9 heavy (non-hydrogen) atoms. The van der Waals surface area contributed by atoms with Crippen LogP contribution in [-0.4, -0.2) is 0 Å². The van der Waals surface area contributed by atoms with E-state index < -0.39 is 0 Å². The molecular formula is C9H16. The zero-order chi connectivity index (χ0) is 6.85. The fraction of sp³-hybridized carbons (Fsp3) is 0.778. The summed E-state index contributed by atoms with van der Waals surface area (Å²) in [7, 11) is 0. The lowest BCUT2D eigenvalue weighted by molar-refractivity contribution is 0.522. The van der Waals surface area contributed by atoms with Gasteiger partial charge in [0, 0.05) is 0 Å². The first-order chi connectivity index (χ1) is 4.29. The van der Waals surface area contributed by atoms with Crippen LogP contribution in [0.25, 0.3) is 0 Å². The van der Waals surface area contributed by atoms with E-state index in [2.05, 4.69) is 26.5 Å². The Morgan fingerprint density at radius 2 is 2.33 bits per heavy atom. The van der Waals surface area contributed by atoms with E-state index in [1.165, 1.54) is 12.8 Å². The van der Waals surface area contributed by atoms with Crippen molar-refractivity contribution in [3.05, 3.63) is 12.7 Å². The van der Waals surface area contributed by atoms with E-state index >= 15 is 0 Å². The Hall–Kier alpha value is -0.260. The Kier molecular flexibility index (Phi) is 1.94.